The number of rotatable bonds is 7. The molecule has 6 N–H and O–H groups in total. The van der Waals surface area contributed by atoms with Crippen LogP contribution < -0.4 is 21.2 Å². The number of sulfonamides is 1. The van der Waals surface area contributed by atoms with Crippen molar-refractivity contribution in [1.82, 2.24) is 20.3 Å². The molecule has 0 saturated heterocycles. The van der Waals surface area contributed by atoms with E-state index in [4.69, 9.17) is 21.8 Å². The fourth-order valence-corrected chi connectivity index (χ4v) is 5.56. The molecule has 0 atom stereocenters. The van der Waals surface area contributed by atoms with E-state index in [1.54, 1.807) is 36.5 Å². The maximum Gasteiger partial charge on any atom is 0.336 e. The zero-order valence-corrected chi connectivity index (χ0v) is 24.6. The summed E-state index contributed by atoms with van der Waals surface area (Å²) < 4.78 is 30.6. The number of thiocarbonyl (C=S) groups is 1. The lowest BCUT2D eigenvalue weighted by atomic mass is 9.90. The predicted octanol–water partition coefficient (Wildman–Crippen LogP) is 3.68. The molecule has 0 bridgehead atoms. The van der Waals surface area contributed by atoms with Crippen LogP contribution in [0.1, 0.15) is 16.1 Å². The molecule has 1 aliphatic carbocycles. The number of primary sulfonamides is 1. The van der Waals surface area contributed by atoms with Gasteiger partial charge < -0.3 is 25.3 Å². The number of nitrogens with zero attached hydrogens (tertiary/aromatic N) is 3. The number of aromatic nitrogens is 3. The fraction of sp³-hybridized carbons (Fsp3) is 0.0333. The summed E-state index contributed by atoms with van der Waals surface area (Å²) in [6.07, 6.45) is 1.59. The molecule has 0 unspecified atom stereocenters. The molecule has 226 valence electrons. The number of carbonyl (C=O) groups is 1. The minimum Gasteiger partial charge on any atom is -0.508 e. The minimum absolute atomic E-state index is 0.0412. The highest BCUT2D eigenvalue weighted by Crippen LogP contribution is 2.42. The van der Waals surface area contributed by atoms with E-state index in [0.717, 1.165) is 0 Å². The van der Waals surface area contributed by atoms with E-state index in [1.807, 2.05) is 0 Å². The van der Waals surface area contributed by atoms with Crippen molar-refractivity contribution in [2.75, 3.05) is 5.32 Å². The molecule has 0 fully saturated rings. The van der Waals surface area contributed by atoms with Crippen LogP contribution in [0.3, 0.4) is 0 Å². The molecule has 13 nitrogen and oxygen atoms in total. The number of aromatic carboxylic acids is 1. The Bertz CT molecular complexity index is 2280. The van der Waals surface area contributed by atoms with Crippen molar-refractivity contribution in [3.8, 4) is 33.9 Å². The van der Waals surface area contributed by atoms with E-state index < -0.39 is 16.0 Å². The Morgan fingerprint density at radius 3 is 2.60 bits per heavy atom. The largest absolute Gasteiger partial charge is 0.508 e. The van der Waals surface area contributed by atoms with Gasteiger partial charge in [0.1, 0.15) is 22.8 Å². The summed E-state index contributed by atoms with van der Waals surface area (Å²) in [7, 11) is -3.89. The van der Waals surface area contributed by atoms with Crippen LogP contribution in [0.2, 0.25) is 0 Å². The van der Waals surface area contributed by atoms with Gasteiger partial charge in [0.25, 0.3) is 0 Å². The number of carboxylic acids is 1. The molecule has 6 rings (SSSR count). The molecule has 1 aromatic heterocycles. The predicted molar refractivity (Wildman–Crippen MR) is 169 cm³/mol. The number of benzene rings is 4. The van der Waals surface area contributed by atoms with Gasteiger partial charge in [-0.05, 0) is 72.4 Å². The molecule has 45 heavy (non-hydrogen) atoms. The van der Waals surface area contributed by atoms with Crippen molar-refractivity contribution in [3.63, 3.8) is 0 Å². The van der Waals surface area contributed by atoms with Gasteiger partial charge in [-0.15, -0.1) is 5.10 Å². The van der Waals surface area contributed by atoms with Gasteiger partial charge in [-0.1, -0.05) is 17.3 Å². The number of nitrogens with one attached hydrogen (secondary N) is 2. The van der Waals surface area contributed by atoms with Gasteiger partial charge in [0, 0.05) is 34.3 Å². The molecule has 0 spiro atoms. The van der Waals surface area contributed by atoms with E-state index in [-0.39, 0.29) is 44.6 Å². The molecule has 15 heteroatoms. The van der Waals surface area contributed by atoms with Gasteiger partial charge >= 0.3 is 5.97 Å². The number of phenolic OH excluding ortho intramolecular Hbond substituents is 1. The first-order valence-corrected chi connectivity index (χ1v) is 15.1. The molecule has 0 saturated carbocycles. The number of hydrogen-bond donors (Lipinski definition) is 5. The van der Waals surface area contributed by atoms with Crippen molar-refractivity contribution in [3.05, 3.63) is 107 Å². The fourth-order valence-electron chi connectivity index (χ4n) is 4.82. The van der Waals surface area contributed by atoms with Gasteiger partial charge in [0.15, 0.2) is 10.5 Å². The van der Waals surface area contributed by atoms with Crippen LogP contribution in [0.4, 0.5) is 5.69 Å². The zero-order valence-electron chi connectivity index (χ0n) is 23.0. The van der Waals surface area contributed by atoms with Crippen molar-refractivity contribution in [2.24, 2.45) is 5.14 Å². The summed E-state index contributed by atoms with van der Waals surface area (Å²) in [6.45, 7) is 0.157. The Balaban J connectivity index is 1.24. The number of hydrogen-bond acceptors (Lipinski definition) is 9. The van der Waals surface area contributed by atoms with Crippen molar-refractivity contribution >= 4 is 50.0 Å². The third kappa shape index (κ3) is 6.08. The summed E-state index contributed by atoms with van der Waals surface area (Å²) in [6, 6.07) is 19.4. The van der Waals surface area contributed by atoms with Crippen LogP contribution in [-0.4, -0.2) is 44.7 Å². The topological polar surface area (TPSA) is 203 Å². The highest BCUT2D eigenvalue weighted by Gasteiger charge is 2.22. The SMILES string of the molecule is NS(=O)(=O)c1cccc(-n2cc(CNC(=S)Nc3ccc(-c4c5ccc(=O)cc-5oc5cc(O)ccc45)c(C(=O)O)c3)nn2)c1. The van der Waals surface area contributed by atoms with E-state index in [0.29, 0.717) is 39.1 Å². The Kier molecular flexibility index (Phi) is 7.49. The Morgan fingerprint density at radius 2 is 1.82 bits per heavy atom. The van der Waals surface area contributed by atoms with Crippen molar-refractivity contribution in [1.29, 1.82) is 0 Å². The number of carboxylic acid groups (broad SMARTS) is 1. The number of nitrogens with two attached hydrogens (primary N) is 1. The average Bonchev–Trinajstić information content (AvgIpc) is 3.48. The third-order valence-electron chi connectivity index (χ3n) is 6.84. The summed E-state index contributed by atoms with van der Waals surface area (Å²) in [5, 5.41) is 40.2. The minimum atomic E-state index is -3.89. The first-order chi connectivity index (χ1) is 21.5. The third-order valence-corrected chi connectivity index (χ3v) is 7.99. The standard InChI is InChI=1S/C30H22N6O7S2/c31-45(41,42)21-3-1-2-18(11-21)36-15-17(34-35-36)14-32-30(44)33-16-4-7-22(25(10-16)29(39)40)28-23-8-5-19(37)12-26(23)43-27-13-20(38)6-9-24(27)28/h1-13,15,37H,14H2,(H,39,40)(H2,31,41,42)(H2,32,33,44). The monoisotopic (exact) mass is 642 g/mol. The number of anilines is 1. The van der Waals surface area contributed by atoms with Gasteiger partial charge in [-0.25, -0.2) is 23.0 Å². The number of fused-ring (bicyclic) bond motifs is 2. The van der Waals surface area contributed by atoms with Crippen LogP contribution >= 0.6 is 12.2 Å². The van der Waals surface area contributed by atoms with Crippen LogP contribution in [0.15, 0.2) is 99.2 Å². The van der Waals surface area contributed by atoms with Crippen LogP contribution in [-0.2, 0) is 16.6 Å². The lowest BCUT2D eigenvalue weighted by molar-refractivity contribution is 0.0697. The maximum atomic E-state index is 12.5. The Morgan fingerprint density at radius 1 is 1.02 bits per heavy atom. The second kappa shape index (κ2) is 11.5. The Labute approximate surface area is 259 Å². The van der Waals surface area contributed by atoms with E-state index in [9.17, 15) is 28.2 Å². The quantitative estimate of drug-likeness (QED) is 0.125. The van der Waals surface area contributed by atoms with Gasteiger partial charge in [-0.2, -0.15) is 0 Å². The Hall–Kier alpha value is -5.64. The molecule has 4 aromatic rings. The van der Waals surface area contributed by atoms with Crippen LogP contribution in [0, 0.1) is 0 Å². The molecular weight excluding hydrogens is 620 g/mol. The van der Waals surface area contributed by atoms with E-state index in [1.165, 1.54) is 53.2 Å². The van der Waals surface area contributed by atoms with Crippen molar-refractivity contribution in [2.45, 2.75) is 11.4 Å². The number of phenols is 1. The molecule has 3 aromatic carbocycles. The second-order valence-corrected chi connectivity index (χ2v) is 11.9. The summed E-state index contributed by atoms with van der Waals surface area (Å²) in [4.78, 5) is 24.5. The lowest BCUT2D eigenvalue weighted by Crippen LogP contribution is -2.28. The maximum absolute atomic E-state index is 12.5. The van der Waals surface area contributed by atoms with Gasteiger partial charge in [-0.3, -0.25) is 4.79 Å². The summed E-state index contributed by atoms with van der Waals surface area (Å²) >= 11 is 5.41. The number of aromatic hydroxyl groups is 1. The zero-order chi connectivity index (χ0) is 31.9. The molecule has 2 aliphatic rings. The molecule has 1 aliphatic heterocycles. The van der Waals surface area contributed by atoms with Gasteiger partial charge in [0.05, 0.1) is 28.9 Å². The van der Waals surface area contributed by atoms with Gasteiger partial charge in [0.2, 0.25) is 10.0 Å². The average molecular weight is 643 g/mol. The smallest absolute Gasteiger partial charge is 0.336 e. The van der Waals surface area contributed by atoms with E-state index in [2.05, 4.69) is 20.9 Å². The first-order valence-electron chi connectivity index (χ1n) is 13.1. The summed E-state index contributed by atoms with van der Waals surface area (Å²) in [5.74, 6) is -1.00. The molecular formula is C30H22N6O7S2. The van der Waals surface area contributed by atoms with Crippen LogP contribution in [0.25, 0.3) is 39.1 Å². The molecule has 0 amide bonds. The molecule has 2 heterocycles. The second-order valence-electron chi connectivity index (χ2n) is 9.89. The van der Waals surface area contributed by atoms with Crippen molar-refractivity contribution < 1.29 is 27.8 Å². The highest BCUT2D eigenvalue weighted by atomic mass is 32.2. The highest BCUT2D eigenvalue weighted by molar-refractivity contribution is 7.89. The summed E-state index contributed by atoms with van der Waals surface area (Å²) in [5.41, 5.74) is 2.70. The molecule has 0 radical (unpaired) electrons. The first kappa shape index (κ1) is 29.4. The lowest BCUT2D eigenvalue weighted by Gasteiger charge is -2.18. The van der Waals surface area contributed by atoms with Crippen LogP contribution in [0.5, 0.6) is 5.75 Å². The normalized spacial score (nSPS) is 11.5. The van der Waals surface area contributed by atoms with E-state index >= 15 is 0 Å².